The fraction of sp³-hybridized carbons (Fsp3) is 0.133. The lowest BCUT2D eigenvalue weighted by atomic mass is 10.1. The van der Waals surface area contributed by atoms with Crippen molar-refractivity contribution in [3.8, 4) is 0 Å². The third-order valence-electron chi connectivity index (χ3n) is 3.32. The van der Waals surface area contributed by atoms with Gasteiger partial charge in [-0.25, -0.2) is 4.98 Å². The van der Waals surface area contributed by atoms with E-state index in [9.17, 15) is 0 Å². The molecule has 0 saturated heterocycles. The van der Waals surface area contributed by atoms with Crippen molar-refractivity contribution in [2.75, 3.05) is 11.9 Å². The molecule has 0 amide bonds. The predicted molar refractivity (Wildman–Crippen MR) is 78.5 cm³/mol. The molecule has 2 aromatic carbocycles. The maximum Gasteiger partial charge on any atom is 0.0931 e. The van der Waals surface area contributed by atoms with E-state index in [0.717, 1.165) is 28.0 Å². The van der Waals surface area contributed by atoms with Crippen LogP contribution in [0.2, 0.25) is 0 Å². The summed E-state index contributed by atoms with van der Waals surface area (Å²) in [6.45, 7) is 0.557. The van der Waals surface area contributed by atoms with Crippen molar-refractivity contribution in [3.63, 3.8) is 0 Å². The maximum absolute atomic E-state index is 5.69. The SMILES string of the molecule is CN(c1cccc(CN)c1)c1ccc2nc[nH]c2c1. The summed E-state index contributed by atoms with van der Waals surface area (Å²) >= 11 is 0. The quantitative estimate of drug-likeness (QED) is 0.753. The largest absolute Gasteiger partial charge is 0.345 e. The number of fused-ring (bicyclic) bond motifs is 1. The molecule has 4 heteroatoms. The third-order valence-corrected chi connectivity index (χ3v) is 3.32. The number of nitrogens with two attached hydrogens (primary N) is 1. The second kappa shape index (κ2) is 4.74. The van der Waals surface area contributed by atoms with Crippen molar-refractivity contribution in [1.29, 1.82) is 0 Å². The highest BCUT2D eigenvalue weighted by molar-refractivity contribution is 5.80. The fourth-order valence-corrected chi connectivity index (χ4v) is 2.17. The normalized spacial score (nSPS) is 10.8. The van der Waals surface area contributed by atoms with Gasteiger partial charge in [0.2, 0.25) is 0 Å². The van der Waals surface area contributed by atoms with Gasteiger partial charge in [-0.1, -0.05) is 12.1 Å². The lowest BCUT2D eigenvalue weighted by Crippen LogP contribution is -2.10. The van der Waals surface area contributed by atoms with Crippen LogP contribution in [0.25, 0.3) is 11.0 Å². The smallest absolute Gasteiger partial charge is 0.0931 e. The summed E-state index contributed by atoms with van der Waals surface area (Å²) in [5.74, 6) is 0. The van der Waals surface area contributed by atoms with Crippen molar-refractivity contribution in [2.45, 2.75) is 6.54 Å². The monoisotopic (exact) mass is 252 g/mol. The molecule has 3 N–H and O–H groups in total. The molecular weight excluding hydrogens is 236 g/mol. The lowest BCUT2D eigenvalue weighted by molar-refractivity contribution is 1.06. The highest BCUT2D eigenvalue weighted by atomic mass is 15.1. The number of rotatable bonds is 3. The zero-order valence-electron chi connectivity index (χ0n) is 10.8. The van der Waals surface area contributed by atoms with E-state index in [2.05, 4.69) is 39.1 Å². The minimum Gasteiger partial charge on any atom is -0.345 e. The minimum absolute atomic E-state index is 0.557. The fourth-order valence-electron chi connectivity index (χ4n) is 2.17. The van der Waals surface area contributed by atoms with Gasteiger partial charge in [-0.3, -0.25) is 0 Å². The summed E-state index contributed by atoms with van der Waals surface area (Å²) in [5.41, 5.74) is 11.1. The van der Waals surface area contributed by atoms with Gasteiger partial charge in [-0.05, 0) is 35.9 Å². The first kappa shape index (κ1) is 11.7. The number of H-pyrrole nitrogens is 1. The molecule has 0 saturated carbocycles. The molecule has 1 heterocycles. The van der Waals surface area contributed by atoms with Crippen LogP contribution >= 0.6 is 0 Å². The molecular formula is C15H16N4. The Balaban J connectivity index is 1.99. The number of imidazole rings is 1. The Morgan fingerprint density at radius 1 is 1.16 bits per heavy atom. The number of aromatic nitrogens is 2. The molecule has 4 nitrogen and oxygen atoms in total. The van der Waals surface area contributed by atoms with Crippen LogP contribution in [-0.2, 0) is 6.54 Å². The number of nitrogens with one attached hydrogen (secondary N) is 1. The van der Waals surface area contributed by atoms with E-state index >= 15 is 0 Å². The van der Waals surface area contributed by atoms with E-state index in [0.29, 0.717) is 6.54 Å². The van der Waals surface area contributed by atoms with Gasteiger partial charge < -0.3 is 15.6 Å². The number of anilines is 2. The highest BCUT2D eigenvalue weighted by Crippen LogP contribution is 2.26. The Hall–Kier alpha value is -2.33. The van der Waals surface area contributed by atoms with Gasteiger partial charge in [0.1, 0.15) is 0 Å². The zero-order chi connectivity index (χ0) is 13.2. The Labute approximate surface area is 111 Å². The first-order valence-electron chi connectivity index (χ1n) is 6.24. The van der Waals surface area contributed by atoms with E-state index in [4.69, 9.17) is 5.73 Å². The number of benzene rings is 2. The van der Waals surface area contributed by atoms with E-state index in [1.165, 1.54) is 0 Å². The summed E-state index contributed by atoms with van der Waals surface area (Å²) in [4.78, 5) is 9.50. The molecule has 0 aliphatic rings. The molecule has 19 heavy (non-hydrogen) atoms. The van der Waals surface area contributed by atoms with Crippen molar-refractivity contribution in [1.82, 2.24) is 9.97 Å². The first-order valence-corrected chi connectivity index (χ1v) is 6.24. The Kier molecular flexibility index (Phi) is 2.93. The van der Waals surface area contributed by atoms with Gasteiger partial charge in [-0.15, -0.1) is 0 Å². The summed E-state index contributed by atoms with van der Waals surface area (Å²) in [5, 5.41) is 0. The van der Waals surface area contributed by atoms with Crippen LogP contribution in [0, 0.1) is 0 Å². The van der Waals surface area contributed by atoms with Crippen molar-refractivity contribution >= 4 is 22.4 Å². The molecule has 0 spiro atoms. The van der Waals surface area contributed by atoms with Crippen molar-refractivity contribution in [2.24, 2.45) is 5.73 Å². The van der Waals surface area contributed by atoms with Gasteiger partial charge in [0.15, 0.2) is 0 Å². The molecule has 1 aromatic heterocycles. The second-order valence-corrected chi connectivity index (χ2v) is 4.54. The molecule has 0 aliphatic heterocycles. The van der Waals surface area contributed by atoms with Crippen LogP contribution in [-0.4, -0.2) is 17.0 Å². The first-order chi connectivity index (χ1) is 9.28. The average Bonchev–Trinajstić information content (AvgIpc) is 2.94. The lowest BCUT2D eigenvalue weighted by Gasteiger charge is -2.20. The summed E-state index contributed by atoms with van der Waals surface area (Å²) in [6.07, 6.45) is 1.71. The van der Waals surface area contributed by atoms with Crippen LogP contribution in [0.5, 0.6) is 0 Å². The number of nitrogens with zero attached hydrogens (tertiary/aromatic N) is 2. The van der Waals surface area contributed by atoms with Gasteiger partial charge in [0.25, 0.3) is 0 Å². The van der Waals surface area contributed by atoms with Gasteiger partial charge >= 0.3 is 0 Å². The summed E-state index contributed by atoms with van der Waals surface area (Å²) in [7, 11) is 2.05. The van der Waals surface area contributed by atoms with Crippen molar-refractivity contribution < 1.29 is 0 Å². The van der Waals surface area contributed by atoms with E-state index in [1.54, 1.807) is 6.33 Å². The molecule has 0 fully saturated rings. The topological polar surface area (TPSA) is 57.9 Å². The van der Waals surface area contributed by atoms with Crippen LogP contribution in [0.15, 0.2) is 48.8 Å². The van der Waals surface area contributed by atoms with Crippen LogP contribution in [0.1, 0.15) is 5.56 Å². The number of hydrogen-bond acceptors (Lipinski definition) is 3. The van der Waals surface area contributed by atoms with Gasteiger partial charge in [0.05, 0.1) is 17.4 Å². The standard InChI is InChI=1S/C15H16N4/c1-19(12-4-2-3-11(7-12)9-16)13-5-6-14-15(8-13)18-10-17-14/h2-8,10H,9,16H2,1H3,(H,17,18). The molecule has 0 atom stereocenters. The van der Waals surface area contributed by atoms with E-state index in [-0.39, 0.29) is 0 Å². The Morgan fingerprint density at radius 3 is 2.84 bits per heavy atom. The van der Waals surface area contributed by atoms with Crippen molar-refractivity contribution in [3.05, 3.63) is 54.4 Å². The van der Waals surface area contributed by atoms with Crippen LogP contribution in [0.4, 0.5) is 11.4 Å². The molecule has 96 valence electrons. The molecule has 0 aliphatic carbocycles. The summed E-state index contributed by atoms with van der Waals surface area (Å²) in [6, 6.07) is 14.4. The Bertz CT molecular complexity index is 702. The average molecular weight is 252 g/mol. The Morgan fingerprint density at radius 2 is 2.00 bits per heavy atom. The van der Waals surface area contributed by atoms with E-state index < -0.39 is 0 Å². The maximum atomic E-state index is 5.69. The summed E-state index contributed by atoms with van der Waals surface area (Å²) < 4.78 is 0. The van der Waals surface area contributed by atoms with E-state index in [1.807, 2.05) is 25.2 Å². The molecule has 3 aromatic rings. The predicted octanol–water partition coefficient (Wildman–Crippen LogP) is 2.79. The van der Waals surface area contributed by atoms with Gasteiger partial charge in [0, 0.05) is 25.0 Å². The molecule has 0 bridgehead atoms. The zero-order valence-corrected chi connectivity index (χ0v) is 10.8. The van der Waals surface area contributed by atoms with Crippen LogP contribution < -0.4 is 10.6 Å². The molecule has 0 unspecified atom stereocenters. The minimum atomic E-state index is 0.557. The second-order valence-electron chi connectivity index (χ2n) is 4.54. The van der Waals surface area contributed by atoms with Crippen LogP contribution in [0.3, 0.4) is 0 Å². The molecule has 3 rings (SSSR count). The number of aromatic amines is 1. The van der Waals surface area contributed by atoms with Gasteiger partial charge in [-0.2, -0.15) is 0 Å². The third kappa shape index (κ3) is 2.18. The number of hydrogen-bond donors (Lipinski definition) is 2. The molecule has 0 radical (unpaired) electrons. The highest BCUT2D eigenvalue weighted by Gasteiger charge is 2.06.